The summed E-state index contributed by atoms with van der Waals surface area (Å²) in [6.07, 6.45) is 0.812. The first-order valence-corrected chi connectivity index (χ1v) is 9.15. The van der Waals surface area contributed by atoms with Crippen LogP contribution in [0.5, 0.6) is 0 Å². The maximum atomic E-state index is 11.9. The van der Waals surface area contributed by atoms with Crippen molar-refractivity contribution in [2.75, 3.05) is 0 Å². The maximum absolute atomic E-state index is 11.9. The molecular weight excluding hydrogens is 362 g/mol. The molecule has 0 saturated carbocycles. The first kappa shape index (κ1) is 17.1. The number of thiazole rings is 1. The first-order chi connectivity index (χ1) is 13.0. The molecule has 0 aliphatic rings. The van der Waals surface area contributed by atoms with Crippen molar-refractivity contribution in [2.24, 2.45) is 0 Å². The van der Waals surface area contributed by atoms with Gasteiger partial charge in [0.05, 0.1) is 10.6 Å². The summed E-state index contributed by atoms with van der Waals surface area (Å²) >= 11 is 1.43. The van der Waals surface area contributed by atoms with Gasteiger partial charge in [-0.05, 0) is 48.7 Å². The van der Waals surface area contributed by atoms with Crippen molar-refractivity contribution in [1.29, 1.82) is 0 Å². The van der Waals surface area contributed by atoms with Crippen LogP contribution in [0.1, 0.15) is 21.6 Å². The summed E-state index contributed by atoms with van der Waals surface area (Å²) in [5.74, 6) is 0. The molecule has 0 aliphatic heterocycles. The number of aromatic nitrogens is 2. The summed E-state index contributed by atoms with van der Waals surface area (Å²) in [4.78, 5) is 27.7. The van der Waals surface area contributed by atoms with Gasteiger partial charge in [-0.25, -0.2) is 4.98 Å². The summed E-state index contributed by atoms with van der Waals surface area (Å²) in [7, 11) is 0. The van der Waals surface area contributed by atoms with Crippen LogP contribution in [0.3, 0.4) is 0 Å². The zero-order valence-corrected chi connectivity index (χ0v) is 15.5. The van der Waals surface area contributed by atoms with Crippen molar-refractivity contribution in [3.8, 4) is 22.5 Å². The Hall–Kier alpha value is -3.32. The van der Waals surface area contributed by atoms with Crippen LogP contribution >= 0.6 is 11.3 Å². The molecule has 0 bridgehead atoms. The minimum atomic E-state index is -0.432. The number of hydrogen-bond acceptors (Lipinski definition) is 5. The molecule has 0 aliphatic carbocycles. The van der Waals surface area contributed by atoms with Crippen LogP contribution < -0.4 is 0 Å². The highest BCUT2D eigenvalue weighted by Gasteiger charge is 2.19. The van der Waals surface area contributed by atoms with Crippen LogP contribution in [0, 0.1) is 24.0 Å². The van der Waals surface area contributed by atoms with Gasteiger partial charge in [-0.2, -0.15) is 0 Å². The van der Waals surface area contributed by atoms with E-state index in [9.17, 15) is 14.9 Å². The monoisotopic (exact) mass is 377 g/mol. The lowest BCUT2D eigenvalue weighted by atomic mass is 10.0. The Balaban J connectivity index is 1.89. The van der Waals surface area contributed by atoms with Gasteiger partial charge < -0.3 is 0 Å². The van der Waals surface area contributed by atoms with Crippen molar-refractivity contribution < 1.29 is 9.72 Å². The number of aldehydes is 1. The van der Waals surface area contributed by atoms with Crippen molar-refractivity contribution in [1.82, 2.24) is 9.38 Å². The number of aryl methyl sites for hydroxylation is 2. The summed E-state index contributed by atoms with van der Waals surface area (Å²) in [6, 6.07) is 12.3. The Morgan fingerprint density at radius 1 is 1.07 bits per heavy atom. The lowest BCUT2D eigenvalue weighted by Gasteiger charge is -2.05. The smallest absolute Gasteiger partial charge is 0.269 e. The van der Waals surface area contributed by atoms with Crippen LogP contribution in [0.15, 0.2) is 47.8 Å². The van der Waals surface area contributed by atoms with Gasteiger partial charge >= 0.3 is 0 Å². The third kappa shape index (κ3) is 2.82. The fourth-order valence-corrected chi connectivity index (χ4v) is 3.95. The number of carbonyl (C=O) groups is 1. The molecule has 0 atom stereocenters. The SMILES string of the molecule is Cc1ccc(-c2nc3scc(-c4ccc([N+](=O)[O-])cc4)n3c2C=O)cc1C. The predicted molar refractivity (Wildman–Crippen MR) is 105 cm³/mol. The fourth-order valence-electron chi connectivity index (χ4n) is 3.05. The maximum Gasteiger partial charge on any atom is 0.269 e. The summed E-state index contributed by atoms with van der Waals surface area (Å²) in [5.41, 5.74) is 5.93. The van der Waals surface area contributed by atoms with E-state index in [0.717, 1.165) is 28.7 Å². The van der Waals surface area contributed by atoms with Gasteiger partial charge in [0.25, 0.3) is 5.69 Å². The highest BCUT2D eigenvalue weighted by Crippen LogP contribution is 2.33. The molecule has 0 spiro atoms. The van der Waals surface area contributed by atoms with E-state index in [1.165, 1.54) is 29.0 Å². The number of non-ortho nitro benzene ring substituents is 1. The van der Waals surface area contributed by atoms with Gasteiger partial charge in [0.1, 0.15) is 11.4 Å². The predicted octanol–water partition coefficient (Wildman–Crippen LogP) is 5.07. The molecule has 0 N–H and O–H groups in total. The lowest BCUT2D eigenvalue weighted by molar-refractivity contribution is -0.384. The van der Waals surface area contributed by atoms with Crippen LogP contribution in [0.2, 0.25) is 0 Å². The first-order valence-electron chi connectivity index (χ1n) is 8.27. The Kier molecular flexibility index (Phi) is 4.08. The minimum absolute atomic E-state index is 0.0299. The van der Waals surface area contributed by atoms with Gasteiger partial charge in [-0.1, -0.05) is 12.1 Å². The molecule has 2 aromatic heterocycles. The molecule has 7 heteroatoms. The van der Waals surface area contributed by atoms with Crippen molar-refractivity contribution >= 4 is 28.3 Å². The third-order valence-electron chi connectivity index (χ3n) is 4.66. The van der Waals surface area contributed by atoms with E-state index in [2.05, 4.69) is 4.98 Å². The van der Waals surface area contributed by atoms with E-state index < -0.39 is 4.92 Å². The van der Waals surface area contributed by atoms with Crippen LogP contribution in [-0.2, 0) is 0 Å². The normalized spacial score (nSPS) is 11.0. The van der Waals surface area contributed by atoms with Gasteiger partial charge in [0, 0.05) is 23.1 Å². The van der Waals surface area contributed by atoms with Crippen LogP contribution in [-0.4, -0.2) is 20.6 Å². The lowest BCUT2D eigenvalue weighted by Crippen LogP contribution is -1.95. The van der Waals surface area contributed by atoms with E-state index in [0.29, 0.717) is 16.3 Å². The molecule has 0 unspecified atom stereocenters. The van der Waals surface area contributed by atoms with Crippen molar-refractivity contribution in [3.63, 3.8) is 0 Å². The largest absolute Gasteiger partial charge is 0.296 e. The zero-order chi connectivity index (χ0) is 19.1. The second-order valence-corrected chi connectivity index (χ2v) is 7.14. The Morgan fingerprint density at radius 2 is 1.78 bits per heavy atom. The quantitative estimate of drug-likeness (QED) is 0.283. The third-order valence-corrected chi connectivity index (χ3v) is 5.49. The molecule has 6 nitrogen and oxygen atoms in total. The number of rotatable bonds is 4. The molecule has 0 fully saturated rings. The van der Waals surface area contributed by atoms with E-state index >= 15 is 0 Å². The Bertz CT molecular complexity index is 1190. The minimum Gasteiger partial charge on any atom is -0.296 e. The number of nitro groups is 1. The average Bonchev–Trinajstić information content (AvgIpc) is 3.23. The van der Waals surface area contributed by atoms with E-state index in [-0.39, 0.29) is 5.69 Å². The summed E-state index contributed by atoms with van der Waals surface area (Å²) in [6.45, 7) is 4.07. The second kappa shape index (κ2) is 6.44. The molecule has 2 aromatic carbocycles. The molecule has 0 saturated heterocycles. The van der Waals surface area contributed by atoms with Gasteiger partial charge in [0.2, 0.25) is 0 Å². The number of hydrogen-bond donors (Lipinski definition) is 0. The molecule has 27 heavy (non-hydrogen) atoms. The summed E-state index contributed by atoms with van der Waals surface area (Å²) in [5, 5.41) is 12.8. The number of carbonyl (C=O) groups excluding carboxylic acids is 1. The standard InChI is InChI=1S/C20H15N3O3S/c1-12-3-4-15(9-13(12)2)19-17(10-24)22-18(11-27-20(22)21-19)14-5-7-16(8-6-14)23(25)26/h3-11H,1-2H3. The van der Waals surface area contributed by atoms with E-state index in [1.807, 2.05) is 41.8 Å². The molecular formula is C20H15N3O3S. The van der Waals surface area contributed by atoms with Crippen molar-refractivity contribution in [3.05, 3.63) is 74.8 Å². The van der Waals surface area contributed by atoms with Crippen LogP contribution in [0.25, 0.3) is 27.5 Å². The number of nitrogens with zero attached hydrogens (tertiary/aromatic N) is 3. The number of benzene rings is 2. The highest BCUT2D eigenvalue weighted by atomic mass is 32.1. The van der Waals surface area contributed by atoms with E-state index in [4.69, 9.17) is 0 Å². The van der Waals surface area contributed by atoms with Crippen LogP contribution in [0.4, 0.5) is 5.69 Å². The van der Waals surface area contributed by atoms with E-state index in [1.54, 1.807) is 12.1 Å². The van der Waals surface area contributed by atoms with Crippen molar-refractivity contribution in [2.45, 2.75) is 13.8 Å². The average molecular weight is 377 g/mol. The summed E-state index contributed by atoms with van der Waals surface area (Å²) < 4.78 is 1.81. The molecule has 4 rings (SSSR count). The zero-order valence-electron chi connectivity index (χ0n) is 14.7. The number of nitro benzene ring substituents is 1. The highest BCUT2D eigenvalue weighted by molar-refractivity contribution is 7.15. The molecule has 2 heterocycles. The fraction of sp³-hybridized carbons (Fsp3) is 0.100. The van der Waals surface area contributed by atoms with Gasteiger partial charge in [0.15, 0.2) is 11.2 Å². The molecule has 134 valence electrons. The Labute approximate surface area is 158 Å². The topological polar surface area (TPSA) is 77.5 Å². The second-order valence-electron chi connectivity index (χ2n) is 6.31. The van der Waals surface area contributed by atoms with Gasteiger partial charge in [-0.3, -0.25) is 19.3 Å². The Morgan fingerprint density at radius 3 is 2.41 bits per heavy atom. The molecule has 4 aromatic rings. The number of fused-ring (bicyclic) bond motifs is 1. The van der Waals surface area contributed by atoms with Gasteiger partial charge in [-0.15, -0.1) is 11.3 Å². The molecule has 0 amide bonds. The molecule has 0 radical (unpaired) electrons. The number of imidazole rings is 1.